The van der Waals surface area contributed by atoms with Crippen molar-refractivity contribution in [3.63, 3.8) is 0 Å². The maximum absolute atomic E-state index is 12.0. The molecule has 0 saturated carbocycles. The van der Waals surface area contributed by atoms with Crippen molar-refractivity contribution < 1.29 is 4.79 Å². The summed E-state index contributed by atoms with van der Waals surface area (Å²) in [5, 5.41) is 7.02. The van der Waals surface area contributed by atoms with Gasteiger partial charge in [-0.2, -0.15) is 0 Å². The molecule has 0 aliphatic carbocycles. The number of hydrogen-bond acceptors (Lipinski definition) is 2. The van der Waals surface area contributed by atoms with Crippen LogP contribution in [0.25, 0.3) is 0 Å². The normalized spacial score (nSPS) is 19.6. The molecule has 3 nitrogen and oxygen atoms in total. The van der Waals surface area contributed by atoms with E-state index in [-0.39, 0.29) is 5.91 Å². The fourth-order valence-corrected chi connectivity index (χ4v) is 2.71. The number of amides is 1. The van der Waals surface area contributed by atoms with Crippen LogP contribution in [0, 0.1) is 9.49 Å². The maximum Gasteiger partial charge on any atom is 0.251 e. The van der Waals surface area contributed by atoms with Crippen LogP contribution in [0.3, 0.4) is 0 Å². The summed E-state index contributed by atoms with van der Waals surface area (Å²) in [5.41, 5.74) is 0.674. The van der Waals surface area contributed by atoms with Gasteiger partial charge in [0, 0.05) is 15.7 Å². The second-order valence-corrected chi connectivity index (χ2v) is 6.12. The topological polar surface area (TPSA) is 41.1 Å². The monoisotopic (exact) mass is 378 g/mol. The second-order valence-electron chi connectivity index (χ2n) is 4.55. The number of piperidine rings is 1. The SMILES string of the molecule is O=C(NCC1CCCNC1)c1ccc(Cl)c(I)c1. The van der Waals surface area contributed by atoms with Gasteiger partial charge in [-0.25, -0.2) is 0 Å². The van der Waals surface area contributed by atoms with Crippen LogP contribution in [0.1, 0.15) is 23.2 Å². The number of carbonyl (C=O) groups is 1. The molecule has 1 saturated heterocycles. The predicted molar refractivity (Wildman–Crippen MR) is 82.1 cm³/mol. The molecule has 5 heteroatoms. The van der Waals surface area contributed by atoms with Crippen LogP contribution in [-0.2, 0) is 0 Å². The standard InChI is InChI=1S/C13H16ClIN2O/c14-11-4-3-10(6-12(11)15)13(18)17-8-9-2-1-5-16-7-9/h3-4,6,9,16H,1-2,5,7-8H2,(H,17,18). The lowest BCUT2D eigenvalue weighted by molar-refractivity contribution is 0.0945. The van der Waals surface area contributed by atoms with E-state index in [2.05, 4.69) is 33.2 Å². The molecule has 1 aromatic carbocycles. The molecule has 0 spiro atoms. The van der Waals surface area contributed by atoms with Crippen molar-refractivity contribution in [2.75, 3.05) is 19.6 Å². The zero-order valence-electron chi connectivity index (χ0n) is 10.0. The van der Waals surface area contributed by atoms with Gasteiger partial charge >= 0.3 is 0 Å². The molecule has 1 heterocycles. The third kappa shape index (κ3) is 3.83. The molecule has 98 valence electrons. The minimum Gasteiger partial charge on any atom is -0.352 e. The van der Waals surface area contributed by atoms with Crippen molar-refractivity contribution >= 4 is 40.1 Å². The zero-order chi connectivity index (χ0) is 13.0. The summed E-state index contributed by atoms with van der Waals surface area (Å²) in [4.78, 5) is 12.0. The summed E-state index contributed by atoms with van der Waals surface area (Å²) in [7, 11) is 0. The number of rotatable bonds is 3. The molecule has 0 aromatic heterocycles. The molecule has 0 radical (unpaired) electrons. The average molecular weight is 379 g/mol. The lowest BCUT2D eigenvalue weighted by Crippen LogP contribution is -2.38. The molecule has 1 amide bonds. The molecule has 1 fully saturated rings. The van der Waals surface area contributed by atoms with Crippen molar-refractivity contribution in [3.05, 3.63) is 32.4 Å². The van der Waals surface area contributed by atoms with Crippen molar-refractivity contribution in [1.82, 2.24) is 10.6 Å². The fraction of sp³-hybridized carbons (Fsp3) is 0.462. The van der Waals surface area contributed by atoms with E-state index >= 15 is 0 Å². The highest BCUT2D eigenvalue weighted by Crippen LogP contribution is 2.19. The van der Waals surface area contributed by atoms with Crippen LogP contribution in [0.5, 0.6) is 0 Å². The fourth-order valence-electron chi connectivity index (χ4n) is 2.07. The van der Waals surface area contributed by atoms with E-state index in [1.54, 1.807) is 12.1 Å². The Hall–Kier alpha value is -0.330. The highest BCUT2D eigenvalue weighted by atomic mass is 127. The van der Waals surface area contributed by atoms with Gasteiger partial charge < -0.3 is 10.6 Å². The van der Waals surface area contributed by atoms with E-state index < -0.39 is 0 Å². The van der Waals surface area contributed by atoms with E-state index in [4.69, 9.17) is 11.6 Å². The number of halogens is 2. The molecule has 1 aliphatic rings. The van der Waals surface area contributed by atoms with Crippen molar-refractivity contribution in [3.8, 4) is 0 Å². The predicted octanol–water partition coefficient (Wildman–Crippen LogP) is 2.67. The third-order valence-electron chi connectivity index (χ3n) is 3.13. The molecular formula is C13H16ClIN2O. The van der Waals surface area contributed by atoms with Crippen LogP contribution in [0.4, 0.5) is 0 Å². The Morgan fingerprint density at radius 1 is 1.56 bits per heavy atom. The molecule has 1 aromatic rings. The van der Waals surface area contributed by atoms with Gasteiger partial charge in [0.1, 0.15) is 0 Å². The summed E-state index contributed by atoms with van der Waals surface area (Å²) >= 11 is 8.07. The van der Waals surface area contributed by atoms with Crippen LogP contribution in [0.2, 0.25) is 5.02 Å². The third-order valence-corrected chi connectivity index (χ3v) is 4.67. The number of hydrogen-bond donors (Lipinski definition) is 2. The average Bonchev–Trinajstić information content (AvgIpc) is 2.40. The molecule has 1 unspecified atom stereocenters. The Labute approximate surface area is 126 Å². The Balaban J connectivity index is 1.88. The van der Waals surface area contributed by atoms with E-state index in [0.717, 1.165) is 23.2 Å². The summed E-state index contributed by atoms with van der Waals surface area (Å²) in [6, 6.07) is 5.34. The van der Waals surface area contributed by atoms with Crippen LogP contribution in [-0.4, -0.2) is 25.5 Å². The first-order chi connectivity index (χ1) is 8.66. The number of carbonyl (C=O) groups excluding carboxylic acids is 1. The van der Waals surface area contributed by atoms with Crippen molar-refractivity contribution in [2.45, 2.75) is 12.8 Å². The lowest BCUT2D eigenvalue weighted by atomic mass is 10.00. The minimum atomic E-state index is -0.0184. The zero-order valence-corrected chi connectivity index (χ0v) is 12.9. The van der Waals surface area contributed by atoms with Gasteiger partial charge in [-0.3, -0.25) is 4.79 Å². The number of benzene rings is 1. The van der Waals surface area contributed by atoms with Gasteiger partial charge in [0.15, 0.2) is 0 Å². The molecule has 2 rings (SSSR count). The highest BCUT2D eigenvalue weighted by Gasteiger charge is 2.14. The Bertz CT molecular complexity index is 433. The summed E-state index contributed by atoms with van der Waals surface area (Å²) in [6.45, 7) is 2.84. The smallest absolute Gasteiger partial charge is 0.251 e. The summed E-state index contributed by atoms with van der Waals surface area (Å²) in [5.74, 6) is 0.532. The minimum absolute atomic E-state index is 0.0184. The summed E-state index contributed by atoms with van der Waals surface area (Å²) < 4.78 is 0.904. The van der Waals surface area contributed by atoms with Crippen LogP contribution >= 0.6 is 34.2 Å². The van der Waals surface area contributed by atoms with E-state index in [0.29, 0.717) is 16.5 Å². The van der Waals surface area contributed by atoms with Crippen LogP contribution < -0.4 is 10.6 Å². The Morgan fingerprint density at radius 2 is 2.39 bits per heavy atom. The van der Waals surface area contributed by atoms with E-state index in [9.17, 15) is 4.79 Å². The molecule has 0 bridgehead atoms. The molecule has 1 aliphatic heterocycles. The Kier molecular flexibility index (Phi) is 5.26. The van der Waals surface area contributed by atoms with Gasteiger partial charge in [0.05, 0.1) is 5.02 Å². The molecule has 2 N–H and O–H groups in total. The van der Waals surface area contributed by atoms with Gasteiger partial charge in [0.2, 0.25) is 0 Å². The number of nitrogens with one attached hydrogen (secondary N) is 2. The molecular weight excluding hydrogens is 363 g/mol. The molecule has 18 heavy (non-hydrogen) atoms. The first-order valence-electron chi connectivity index (χ1n) is 6.11. The van der Waals surface area contributed by atoms with Gasteiger partial charge in [0.25, 0.3) is 5.91 Å². The van der Waals surface area contributed by atoms with Gasteiger partial charge in [-0.1, -0.05) is 11.6 Å². The van der Waals surface area contributed by atoms with Crippen molar-refractivity contribution in [1.29, 1.82) is 0 Å². The van der Waals surface area contributed by atoms with E-state index in [1.807, 2.05) is 6.07 Å². The highest BCUT2D eigenvalue weighted by molar-refractivity contribution is 14.1. The van der Waals surface area contributed by atoms with Crippen molar-refractivity contribution in [2.24, 2.45) is 5.92 Å². The quantitative estimate of drug-likeness (QED) is 0.794. The largest absolute Gasteiger partial charge is 0.352 e. The lowest BCUT2D eigenvalue weighted by Gasteiger charge is -2.22. The van der Waals surface area contributed by atoms with Crippen LogP contribution in [0.15, 0.2) is 18.2 Å². The van der Waals surface area contributed by atoms with Gasteiger partial charge in [-0.15, -0.1) is 0 Å². The molecule has 1 atom stereocenters. The summed E-state index contributed by atoms with van der Waals surface area (Å²) in [6.07, 6.45) is 2.38. The Morgan fingerprint density at radius 3 is 3.06 bits per heavy atom. The first kappa shape index (κ1) is 14.1. The van der Waals surface area contributed by atoms with Gasteiger partial charge in [-0.05, 0) is 72.6 Å². The first-order valence-corrected chi connectivity index (χ1v) is 7.56. The second kappa shape index (κ2) is 6.73. The maximum atomic E-state index is 12.0. The van der Waals surface area contributed by atoms with E-state index in [1.165, 1.54) is 12.8 Å².